The Bertz CT molecular complexity index is 1320. The van der Waals surface area contributed by atoms with Gasteiger partial charge in [-0.3, -0.25) is 0 Å². The van der Waals surface area contributed by atoms with Crippen molar-refractivity contribution in [3.05, 3.63) is 53.0 Å². The van der Waals surface area contributed by atoms with E-state index in [1.54, 1.807) is 10.4 Å². The van der Waals surface area contributed by atoms with Gasteiger partial charge in [-0.25, -0.2) is 17.9 Å². The summed E-state index contributed by atoms with van der Waals surface area (Å²) in [6.45, 7) is 5.97. The number of aryl methyl sites for hydroxylation is 2. The van der Waals surface area contributed by atoms with E-state index in [2.05, 4.69) is 10.00 Å². The van der Waals surface area contributed by atoms with E-state index in [9.17, 15) is 8.42 Å². The van der Waals surface area contributed by atoms with Gasteiger partial charge in [-0.05, 0) is 38.1 Å². The topological polar surface area (TPSA) is 70.8 Å². The monoisotopic (exact) mass is 427 g/mol. The molecule has 3 aromatic heterocycles. The van der Waals surface area contributed by atoms with Gasteiger partial charge in [-0.15, -0.1) is 11.3 Å². The van der Waals surface area contributed by atoms with Gasteiger partial charge in [0, 0.05) is 42.5 Å². The number of benzene rings is 1. The van der Waals surface area contributed by atoms with Crippen molar-refractivity contribution in [3.8, 4) is 0 Å². The molecule has 4 heterocycles. The highest BCUT2D eigenvalue weighted by Crippen LogP contribution is 2.29. The zero-order chi connectivity index (χ0) is 20.2. The zero-order valence-electron chi connectivity index (χ0n) is 16.2. The number of rotatable bonds is 3. The highest BCUT2D eigenvalue weighted by molar-refractivity contribution is 7.91. The van der Waals surface area contributed by atoms with Crippen LogP contribution >= 0.6 is 11.3 Å². The van der Waals surface area contributed by atoms with Crippen LogP contribution in [-0.4, -0.2) is 53.5 Å². The van der Waals surface area contributed by atoms with E-state index in [1.165, 1.54) is 11.3 Å². The Balaban J connectivity index is 1.47. The van der Waals surface area contributed by atoms with Crippen molar-refractivity contribution in [2.75, 3.05) is 31.1 Å². The molecule has 4 aromatic rings. The van der Waals surface area contributed by atoms with Gasteiger partial charge in [0.25, 0.3) is 10.0 Å². The lowest BCUT2D eigenvalue weighted by Crippen LogP contribution is -2.48. The predicted molar refractivity (Wildman–Crippen MR) is 115 cm³/mol. The maximum Gasteiger partial charge on any atom is 0.252 e. The van der Waals surface area contributed by atoms with Crippen molar-refractivity contribution in [2.24, 2.45) is 0 Å². The summed E-state index contributed by atoms with van der Waals surface area (Å²) in [5.74, 6) is 0.886. The van der Waals surface area contributed by atoms with E-state index in [0.717, 1.165) is 32.9 Å². The molecule has 1 aliphatic rings. The second kappa shape index (κ2) is 6.79. The van der Waals surface area contributed by atoms with Crippen molar-refractivity contribution < 1.29 is 8.42 Å². The third kappa shape index (κ3) is 3.09. The number of thiophene rings is 1. The quantitative estimate of drug-likeness (QED) is 0.503. The third-order valence-electron chi connectivity index (χ3n) is 5.25. The highest BCUT2D eigenvalue weighted by atomic mass is 32.2. The Morgan fingerprint density at radius 1 is 1.00 bits per heavy atom. The lowest BCUT2D eigenvalue weighted by atomic mass is 10.2. The summed E-state index contributed by atoms with van der Waals surface area (Å²) in [6, 6.07) is 13.6. The van der Waals surface area contributed by atoms with Crippen LogP contribution in [0.15, 0.2) is 46.7 Å². The number of aromatic nitrogens is 3. The van der Waals surface area contributed by atoms with Crippen LogP contribution in [0.1, 0.15) is 10.6 Å². The Morgan fingerprint density at radius 3 is 2.48 bits per heavy atom. The van der Waals surface area contributed by atoms with E-state index in [-0.39, 0.29) is 0 Å². The second-order valence-electron chi connectivity index (χ2n) is 7.26. The Kier molecular flexibility index (Phi) is 4.34. The van der Waals surface area contributed by atoms with Crippen molar-refractivity contribution >= 4 is 43.7 Å². The molecule has 0 radical (unpaired) electrons. The Morgan fingerprint density at radius 2 is 1.76 bits per heavy atom. The molecule has 150 valence electrons. The smallest absolute Gasteiger partial charge is 0.252 e. The molecule has 0 atom stereocenters. The second-order valence-corrected chi connectivity index (χ2v) is 10.7. The summed E-state index contributed by atoms with van der Waals surface area (Å²) in [5, 5.41) is 5.58. The molecule has 9 heteroatoms. The molecule has 29 heavy (non-hydrogen) atoms. The fourth-order valence-corrected chi connectivity index (χ4v) is 6.68. The molecule has 0 amide bonds. The standard InChI is InChI=1S/C20H21N5O2S2/c1-14-13-18-21-20(16-5-3-4-6-17(16)25(18)22-14)23-9-11-24(12-10-23)29(26,27)19-8-7-15(2)28-19/h3-8,13H,9-12H2,1-2H3. The van der Waals surface area contributed by atoms with Crippen molar-refractivity contribution in [1.82, 2.24) is 18.9 Å². The first-order valence-corrected chi connectivity index (χ1v) is 11.8. The van der Waals surface area contributed by atoms with Crippen LogP contribution < -0.4 is 4.90 Å². The van der Waals surface area contributed by atoms with Crippen LogP contribution in [0.4, 0.5) is 5.82 Å². The Hall–Kier alpha value is -2.49. The maximum atomic E-state index is 12.9. The van der Waals surface area contributed by atoms with E-state index < -0.39 is 10.0 Å². The molecular weight excluding hydrogens is 406 g/mol. The zero-order valence-corrected chi connectivity index (χ0v) is 17.9. The molecule has 1 aromatic carbocycles. The first kappa shape index (κ1) is 18.5. The van der Waals surface area contributed by atoms with E-state index >= 15 is 0 Å². The number of para-hydroxylation sites is 1. The average Bonchev–Trinajstić information content (AvgIpc) is 3.33. The maximum absolute atomic E-state index is 12.9. The molecule has 0 spiro atoms. The van der Waals surface area contributed by atoms with Gasteiger partial charge < -0.3 is 4.90 Å². The van der Waals surface area contributed by atoms with Crippen LogP contribution in [0.2, 0.25) is 0 Å². The minimum atomic E-state index is -3.43. The molecule has 7 nitrogen and oxygen atoms in total. The third-order valence-corrected chi connectivity index (χ3v) is 8.62. The summed E-state index contributed by atoms with van der Waals surface area (Å²) in [6.07, 6.45) is 0. The largest absolute Gasteiger partial charge is 0.353 e. The van der Waals surface area contributed by atoms with E-state index in [4.69, 9.17) is 4.98 Å². The van der Waals surface area contributed by atoms with Crippen LogP contribution in [0.25, 0.3) is 16.6 Å². The molecule has 0 saturated carbocycles. The summed E-state index contributed by atoms with van der Waals surface area (Å²) >= 11 is 1.33. The summed E-state index contributed by atoms with van der Waals surface area (Å²) in [5.41, 5.74) is 2.73. The minimum absolute atomic E-state index is 0.420. The van der Waals surface area contributed by atoms with Crippen molar-refractivity contribution in [2.45, 2.75) is 18.1 Å². The molecule has 5 rings (SSSR count). The first-order valence-electron chi connectivity index (χ1n) is 9.50. The van der Waals surface area contributed by atoms with Crippen molar-refractivity contribution in [3.63, 3.8) is 0 Å². The highest BCUT2D eigenvalue weighted by Gasteiger charge is 2.30. The number of piperazine rings is 1. The number of anilines is 1. The van der Waals surface area contributed by atoms with E-state index in [0.29, 0.717) is 30.4 Å². The molecule has 0 aliphatic carbocycles. The van der Waals surface area contributed by atoms with Crippen LogP contribution in [0.5, 0.6) is 0 Å². The summed E-state index contributed by atoms with van der Waals surface area (Å²) in [7, 11) is -3.43. The van der Waals surface area contributed by atoms with Crippen LogP contribution in [0.3, 0.4) is 0 Å². The lowest BCUT2D eigenvalue weighted by Gasteiger charge is -2.35. The van der Waals surface area contributed by atoms with Gasteiger partial charge in [-0.1, -0.05) is 12.1 Å². The average molecular weight is 428 g/mol. The first-order chi connectivity index (χ1) is 13.9. The van der Waals surface area contributed by atoms with Gasteiger partial charge in [0.2, 0.25) is 0 Å². The van der Waals surface area contributed by atoms with Gasteiger partial charge in [-0.2, -0.15) is 9.40 Å². The molecule has 1 aliphatic heterocycles. The van der Waals surface area contributed by atoms with Gasteiger partial charge >= 0.3 is 0 Å². The molecule has 0 N–H and O–H groups in total. The fourth-order valence-electron chi connectivity index (χ4n) is 3.82. The number of nitrogens with zero attached hydrogens (tertiary/aromatic N) is 5. The SMILES string of the molecule is Cc1cc2nc(N3CCN(S(=O)(=O)c4ccc(C)s4)CC3)c3ccccc3n2n1. The van der Waals surface area contributed by atoms with Crippen LogP contribution in [-0.2, 0) is 10.0 Å². The normalized spacial score (nSPS) is 16.1. The van der Waals surface area contributed by atoms with Crippen molar-refractivity contribution in [1.29, 1.82) is 0 Å². The summed E-state index contributed by atoms with van der Waals surface area (Å²) < 4.78 is 29.7. The number of hydrogen-bond acceptors (Lipinski definition) is 6. The summed E-state index contributed by atoms with van der Waals surface area (Å²) in [4.78, 5) is 8.04. The van der Waals surface area contributed by atoms with Gasteiger partial charge in [0.1, 0.15) is 10.0 Å². The number of hydrogen-bond donors (Lipinski definition) is 0. The minimum Gasteiger partial charge on any atom is -0.353 e. The molecule has 0 unspecified atom stereocenters. The predicted octanol–water partition coefficient (Wildman–Crippen LogP) is 3.07. The fraction of sp³-hybridized carbons (Fsp3) is 0.300. The van der Waals surface area contributed by atoms with Gasteiger partial charge in [0.05, 0.1) is 11.2 Å². The lowest BCUT2D eigenvalue weighted by molar-refractivity contribution is 0.385. The van der Waals surface area contributed by atoms with Crippen LogP contribution in [0, 0.1) is 13.8 Å². The molecule has 1 fully saturated rings. The number of sulfonamides is 1. The molecular formula is C20H21N5O2S2. The Labute approximate surface area is 173 Å². The molecule has 0 bridgehead atoms. The number of fused-ring (bicyclic) bond motifs is 3. The van der Waals surface area contributed by atoms with E-state index in [1.807, 2.05) is 54.8 Å². The van der Waals surface area contributed by atoms with Gasteiger partial charge in [0.15, 0.2) is 5.65 Å². The molecule has 1 saturated heterocycles.